The number of anilines is 6. The zero-order valence-corrected chi connectivity index (χ0v) is 29.5. The second kappa shape index (κ2) is 14.5. The minimum atomic E-state index is 0.424. The monoisotopic (exact) mass is 690 g/mol. The van der Waals surface area contributed by atoms with Gasteiger partial charge in [0.05, 0.1) is 34.7 Å². The van der Waals surface area contributed by atoms with Crippen molar-refractivity contribution in [1.29, 1.82) is 10.5 Å². The second-order valence-corrected chi connectivity index (χ2v) is 13.0. The average Bonchev–Trinajstić information content (AvgIpc) is 3.24. The molecule has 0 aliphatic rings. The van der Waals surface area contributed by atoms with Crippen LogP contribution in [0.2, 0.25) is 0 Å². The maximum atomic E-state index is 9.60. The number of hydrogen-bond donors (Lipinski definition) is 0. The highest BCUT2D eigenvalue weighted by molar-refractivity contribution is 6.00. The van der Waals surface area contributed by atoms with Crippen LogP contribution in [0.5, 0.6) is 0 Å². The van der Waals surface area contributed by atoms with E-state index < -0.39 is 0 Å². The van der Waals surface area contributed by atoms with Crippen molar-refractivity contribution in [3.05, 3.63) is 206 Å². The van der Waals surface area contributed by atoms with E-state index in [2.05, 4.69) is 181 Å². The van der Waals surface area contributed by atoms with Crippen molar-refractivity contribution in [2.24, 2.45) is 0 Å². The summed E-state index contributed by atoms with van der Waals surface area (Å²) < 4.78 is 0. The van der Waals surface area contributed by atoms with Gasteiger partial charge in [-0.3, -0.25) is 0 Å². The number of nitriles is 2. The molecule has 0 fully saturated rings. The van der Waals surface area contributed by atoms with E-state index in [1.807, 2.05) is 36.4 Å². The summed E-state index contributed by atoms with van der Waals surface area (Å²) in [5.74, 6) is 0. The molecule has 8 rings (SSSR count). The molecule has 0 aliphatic heterocycles. The molecule has 0 unspecified atom stereocenters. The van der Waals surface area contributed by atoms with Gasteiger partial charge in [-0.05, 0) is 93.7 Å². The Bertz CT molecular complexity index is 2580. The van der Waals surface area contributed by atoms with Crippen LogP contribution < -0.4 is 9.80 Å². The smallest absolute Gasteiger partial charge is 0.0991 e. The van der Waals surface area contributed by atoms with Crippen LogP contribution in [0.4, 0.5) is 34.1 Å². The number of hydrogen-bond acceptors (Lipinski definition) is 4. The summed E-state index contributed by atoms with van der Waals surface area (Å²) in [6, 6.07) is 67.0. The summed E-state index contributed by atoms with van der Waals surface area (Å²) in [5, 5.41) is 23.7. The molecule has 0 N–H and O–H groups in total. The van der Waals surface area contributed by atoms with Crippen molar-refractivity contribution in [1.82, 2.24) is 0 Å². The number of allylic oxidation sites excluding steroid dienone is 2. The molecule has 0 bridgehead atoms. The Kier molecular flexibility index (Phi) is 9.01. The summed E-state index contributed by atoms with van der Waals surface area (Å²) in [4.78, 5) is 4.47. The molecule has 0 amide bonds. The molecular weight excluding hydrogens is 657 g/mol. The van der Waals surface area contributed by atoms with E-state index in [1.165, 1.54) is 0 Å². The van der Waals surface area contributed by atoms with E-state index in [4.69, 9.17) is 0 Å². The largest absolute Gasteiger partial charge is 0.310 e. The van der Waals surface area contributed by atoms with Gasteiger partial charge in [0.25, 0.3) is 0 Å². The molecule has 0 radical (unpaired) electrons. The van der Waals surface area contributed by atoms with Gasteiger partial charge < -0.3 is 9.80 Å². The molecule has 8 aromatic rings. The Morgan fingerprint density at radius 3 is 1.17 bits per heavy atom. The Hall–Kier alpha value is -7.66. The lowest BCUT2D eigenvalue weighted by Crippen LogP contribution is -2.11. The van der Waals surface area contributed by atoms with Gasteiger partial charge in [-0.25, -0.2) is 0 Å². The van der Waals surface area contributed by atoms with Crippen LogP contribution in [-0.4, -0.2) is 0 Å². The molecule has 0 heterocycles. The Morgan fingerprint density at radius 1 is 0.389 bits per heavy atom. The van der Waals surface area contributed by atoms with E-state index in [9.17, 15) is 10.5 Å². The lowest BCUT2D eigenvalue weighted by atomic mass is 10.0. The fourth-order valence-electron chi connectivity index (χ4n) is 7.06. The van der Waals surface area contributed by atoms with Crippen molar-refractivity contribution >= 4 is 66.8 Å². The minimum absolute atomic E-state index is 0.424. The molecule has 4 nitrogen and oxygen atoms in total. The van der Waals surface area contributed by atoms with Crippen molar-refractivity contribution in [2.75, 3.05) is 9.80 Å². The average molecular weight is 691 g/mol. The number of fused-ring (bicyclic) bond motifs is 2. The van der Waals surface area contributed by atoms with Crippen LogP contribution in [-0.2, 0) is 0 Å². The SMILES string of the molecule is C=C(C#N)c1cccc(N(c2ccc(-c3ccc(N(c4cccc(C(=C)C#N)c4)c4cccc5ccccc45)cc3)cc2)c2cccc3ccccc23)c1. The number of benzene rings is 8. The lowest BCUT2D eigenvalue weighted by Gasteiger charge is -2.28. The quantitative estimate of drug-likeness (QED) is 0.141. The molecular formula is C50H34N4. The highest BCUT2D eigenvalue weighted by atomic mass is 15.1. The summed E-state index contributed by atoms with van der Waals surface area (Å²) in [6.07, 6.45) is 0. The summed E-state index contributed by atoms with van der Waals surface area (Å²) in [5.41, 5.74) is 10.5. The van der Waals surface area contributed by atoms with Gasteiger partial charge in [-0.15, -0.1) is 0 Å². The maximum absolute atomic E-state index is 9.60. The first-order chi connectivity index (χ1) is 26.5. The highest BCUT2D eigenvalue weighted by Crippen LogP contribution is 2.42. The Labute approximate surface area is 315 Å². The van der Waals surface area contributed by atoms with Crippen LogP contribution in [0.1, 0.15) is 11.1 Å². The van der Waals surface area contributed by atoms with E-state index in [1.54, 1.807) is 0 Å². The van der Waals surface area contributed by atoms with Gasteiger partial charge in [0.15, 0.2) is 0 Å². The van der Waals surface area contributed by atoms with E-state index in [0.29, 0.717) is 11.1 Å². The molecule has 0 aliphatic carbocycles. The van der Waals surface area contributed by atoms with E-state index in [-0.39, 0.29) is 0 Å². The van der Waals surface area contributed by atoms with Crippen LogP contribution >= 0.6 is 0 Å². The Balaban J connectivity index is 1.19. The van der Waals surface area contributed by atoms with E-state index >= 15 is 0 Å². The first-order valence-electron chi connectivity index (χ1n) is 17.7. The molecule has 0 aromatic heterocycles. The molecule has 54 heavy (non-hydrogen) atoms. The van der Waals surface area contributed by atoms with Gasteiger partial charge in [-0.2, -0.15) is 10.5 Å². The van der Waals surface area contributed by atoms with Crippen molar-refractivity contribution in [3.63, 3.8) is 0 Å². The van der Waals surface area contributed by atoms with Crippen molar-refractivity contribution in [3.8, 4) is 23.3 Å². The summed E-state index contributed by atoms with van der Waals surface area (Å²) in [6.45, 7) is 7.93. The fraction of sp³-hybridized carbons (Fsp3) is 0. The topological polar surface area (TPSA) is 54.1 Å². The third-order valence-electron chi connectivity index (χ3n) is 9.77. The normalized spacial score (nSPS) is 10.7. The summed E-state index contributed by atoms with van der Waals surface area (Å²) >= 11 is 0. The van der Waals surface area contributed by atoms with Crippen LogP contribution in [0.15, 0.2) is 195 Å². The van der Waals surface area contributed by atoms with Gasteiger partial charge >= 0.3 is 0 Å². The Morgan fingerprint density at radius 2 is 0.759 bits per heavy atom. The molecule has 254 valence electrons. The van der Waals surface area contributed by atoms with Crippen LogP contribution in [0.25, 0.3) is 43.8 Å². The fourth-order valence-corrected chi connectivity index (χ4v) is 7.06. The molecule has 0 saturated heterocycles. The van der Waals surface area contributed by atoms with Gasteiger partial charge in [0.1, 0.15) is 0 Å². The van der Waals surface area contributed by atoms with Crippen molar-refractivity contribution < 1.29 is 0 Å². The van der Waals surface area contributed by atoms with Crippen molar-refractivity contribution in [2.45, 2.75) is 0 Å². The first kappa shape index (κ1) is 33.5. The maximum Gasteiger partial charge on any atom is 0.0991 e. The molecule has 4 heteroatoms. The van der Waals surface area contributed by atoms with Gasteiger partial charge in [0, 0.05) is 33.5 Å². The highest BCUT2D eigenvalue weighted by Gasteiger charge is 2.18. The predicted octanol–water partition coefficient (Wildman–Crippen LogP) is 13.7. The zero-order chi connectivity index (χ0) is 37.0. The van der Waals surface area contributed by atoms with Gasteiger partial charge in [-0.1, -0.05) is 134 Å². The molecule has 0 spiro atoms. The number of nitrogens with zero attached hydrogens (tertiary/aromatic N) is 4. The second-order valence-electron chi connectivity index (χ2n) is 13.0. The third-order valence-corrected chi connectivity index (χ3v) is 9.77. The standard InChI is InChI=1S/C50H34N4/c1-35(33-51)41-15-7-17-45(31-41)53(49-21-9-13-39-11-3-5-19-47(39)49)43-27-23-37(24-28-43)38-25-29-44(30-26-38)54(46-18-8-16-42(32-46)36(2)34-52)50-22-10-14-40-12-4-6-20-48(40)50/h3-32H,1-2H2. The molecule has 0 saturated carbocycles. The molecule has 8 aromatic carbocycles. The first-order valence-corrected chi connectivity index (χ1v) is 17.7. The van der Waals surface area contributed by atoms with Crippen LogP contribution in [0, 0.1) is 22.7 Å². The lowest BCUT2D eigenvalue weighted by molar-refractivity contribution is 1.29. The predicted molar refractivity (Wildman–Crippen MR) is 226 cm³/mol. The third kappa shape index (κ3) is 6.37. The number of rotatable bonds is 9. The van der Waals surface area contributed by atoms with Gasteiger partial charge in [0.2, 0.25) is 0 Å². The molecule has 0 atom stereocenters. The zero-order valence-electron chi connectivity index (χ0n) is 29.5. The summed E-state index contributed by atoms with van der Waals surface area (Å²) in [7, 11) is 0. The van der Waals surface area contributed by atoms with E-state index in [0.717, 1.165) is 77.9 Å². The van der Waals surface area contributed by atoms with Crippen LogP contribution in [0.3, 0.4) is 0 Å². The minimum Gasteiger partial charge on any atom is -0.310 e.